The van der Waals surface area contributed by atoms with E-state index >= 15 is 4.39 Å². The molecule has 196 valence electrons. The average molecular weight is 526 g/mol. The molecule has 0 saturated heterocycles. The zero-order valence-electron chi connectivity index (χ0n) is 21.6. The van der Waals surface area contributed by atoms with Gasteiger partial charge in [0.2, 0.25) is 0 Å². The Balaban J connectivity index is 1.72. The minimum atomic E-state index is -0.831. The highest BCUT2D eigenvalue weighted by molar-refractivity contribution is 7.99. The van der Waals surface area contributed by atoms with Gasteiger partial charge in [-0.15, -0.1) is 0 Å². The summed E-state index contributed by atoms with van der Waals surface area (Å²) in [5, 5.41) is 3.31. The molecule has 2 aliphatic rings. The molecule has 0 aromatic heterocycles. The maximum atomic E-state index is 15.1. The van der Waals surface area contributed by atoms with Crippen molar-refractivity contribution >= 4 is 23.5 Å². The number of nitrogens with one attached hydrogen (secondary N) is 1. The van der Waals surface area contributed by atoms with E-state index in [1.165, 1.54) is 6.07 Å². The second kappa shape index (κ2) is 11.9. The molecule has 0 fully saturated rings. The zero-order valence-corrected chi connectivity index (χ0v) is 22.4. The number of carbonyl (C=O) groups is 2. The van der Waals surface area contributed by atoms with Crippen molar-refractivity contribution < 1.29 is 28.2 Å². The molecule has 0 bridgehead atoms. The number of Topliss-reactive ketones (excluding diaryl/α,β-unsaturated/α-hetero) is 1. The van der Waals surface area contributed by atoms with Crippen LogP contribution in [0.1, 0.15) is 49.7 Å². The van der Waals surface area contributed by atoms with E-state index in [1.807, 2.05) is 25.1 Å². The van der Waals surface area contributed by atoms with Crippen LogP contribution in [0.3, 0.4) is 0 Å². The predicted molar refractivity (Wildman–Crippen MR) is 142 cm³/mol. The number of thioether (sulfide) groups is 1. The Hall–Kier alpha value is -3.26. The van der Waals surface area contributed by atoms with E-state index in [4.69, 9.17) is 14.2 Å². The Labute approximate surface area is 221 Å². The Morgan fingerprint density at radius 1 is 1.11 bits per heavy atom. The Morgan fingerprint density at radius 2 is 1.86 bits per heavy atom. The standard InChI is InChI=1S/C29H32FNO5S/c1-5-37-13-12-36-29(33)26-17(2)31-22-14-19(18-10-11-24(34-3)25(16-18)35-4)15-23(32)28(22)27(26)20-8-6-7-9-21(20)30/h6-11,16,19,27,31H,5,12-15H2,1-4H3/t19-,27+/m0/s1. The lowest BCUT2D eigenvalue weighted by atomic mass is 9.71. The van der Waals surface area contributed by atoms with Crippen LogP contribution in [0.25, 0.3) is 0 Å². The summed E-state index contributed by atoms with van der Waals surface area (Å²) in [5.74, 6) is 0.748. The Bertz CT molecular complexity index is 1250. The van der Waals surface area contributed by atoms with Gasteiger partial charge in [-0.2, -0.15) is 11.8 Å². The maximum Gasteiger partial charge on any atom is 0.336 e. The van der Waals surface area contributed by atoms with Gasteiger partial charge >= 0.3 is 5.97 Å². The van der Waals surface area contributed by atoms with E-state index in [1.54, 1.807) is 51.1 Å². The number of hydrogen-bond donors (Lipinski definition) is 1. The van der Waals surface area contributed by atoms with Crippen LogP contribution >= 0.6 is 11.8 Å². The second-order valence-corrected chi connectivity index (χ2v) is 10.4. The molecule has 1 N–H and O–H groups in total. The minimum Gasteiger partial charge on any atom is -0.493 e. The van der Waals surface area contributed by atoms with Crippen molar-refractivity contribution in [3.05, 3.63) is 81.9 Å². The van der Waals surface area contributed by atoms with Gasteiger partial charge in [0.05, 0.1) is 25.7 Å². The van der Waals surface area contributed by atoms with Crippen molar-refractivity contribution in [2.24, 2.45) is 0 Å². The first-order chi connectivity index (χ1) is 17.9. The topological polar surface area (TPSA) is 73.9 Å². The molecule has 0 amide bonds. The third kappa shape index (κ3) is 5.54. The van der Waals surface area contributed by atoms with Gasteiger partial charge in [-0.25, -0.2) is 9.18 Å². The molecule has 6 nitrogen and oxygen atoms in total. The van der Waals surface area contributed by atoms with Gasteiger partial charge in [-0.3, -0.25) is 4.79 Å². The number of carbonyl (C=O) groups excluding carboxylic acids is 2. The van der Waals surface area contributed by atoms with Crippen molar-refractivity contribution in [1.82, 2.24) is 5.32 Å². The van der Waals surface area contributed by atoms with Crippen molar-refractivity contribution in [2.45, 2.75) is 38.5 Å². The first kappa shape index (κ1) is 26.8. The predicted octanol–water partition coefficient (Wildman–Crippen LogP) is 5.50. The van der Waals surface area contributed by atoms with Gasteiger partial charge in [0, 0.05) is 34.7 Å². The average Bonchev–Trinajstić information content (AvgIpc) is 2.90. The van der Waals surface area contributed by atoms with E-state index in [-0.39, 0.29) is 30.3 Å². The molecule has 8 heteroatoms. The van der Waals surface area contributed by atoms with Crippen LogP contribution in [0.4, 0.5) is 4.39 Å². The van der Waals surface area contributed by atoms with E-state index in [9.17, 15) is 9.59 Å². The van der Waals surface area contributed by atoms with Crippen LogP contribution in [0.15, 0.2) is 65.0 Å². The van der Waals surface area contributed by atoms with Gasteiger partial charge in [0.15, 0.2) is 17.3 Å². The van der Waals surface area contributed by atoms with Crippen LogP contribution in [0, 0.1) is 5.82 Å². The SMILES string of the molecule is CCSCCOC(=O)C1=C(C)NC2=C(C(=O)C[C@@H](c3ccc(OC)c(OC)c3)C2)[C@@H]1c1ccccc1F. The highest BCUT2D eigenvalue weighted by Gasteiger charge is 2.42. The van der Waals surface area contributed by atoms with Crippen LogP contribution in [0.2, 0.25) is 0 Å². The number of dihydropyridines is 1. The van der Waals surface area contributed by atoms with Crippen LogP contribution < -0.4 is 14.8 Å². The van der Waals surface area contributed by atoms with E-state index < -0.39 is 17.7 Å². The Kier molecular flexibility index (Phi) is 8.59. The van der Waals surface area contributed by atoms with E-state index in [2.05, 4.69) is 5.32 Å². The number of benzene rings is 2. The van der Waals surface area contributed by atoms with Gasteiger partial charge in [0.1, 0.15) is 12.4 Å². The van der Waals surface area contributed by atoms with Crippen LogP contribution in [0.5, 0.6) is 11.5 Å². The number of hydrogen-bond acceptors (Lipinski definition) is 7. The summed E-state index contributed by atoms with van der Waals surface area (Å²) in [6.45, 7) is 4.06. The summed E-state index contributed by atoms with van der Waals surface area (Å²) in [5.41, 5.74) is 3.23. The lowest BCUT2D eigenvalue weighted by molar-refractivity contribution is -0.138. The number of esters is 1. The number of methoxy groups -OCH3 is 2. The molecule has 37 heavy (non-hydrogen) atoms. The van der Waals surface area contributed by atoms with Gasteiger partial charge in [0.25, 0.3) is 0 Å². The molecule has 4 rings (SSSR count). The minimum absolute atomic E-state index is 0.104. The molecule has 1 heterocycles. The summed E-state index contributed by atoms with van der Waals surface area (Å²) >= 11 is 1.67. The summed E-state index contributed by atoms with van der Waals surface area (Å²) in [6.07, 6.45) is 0.768. The molecule has 0 unspecified atom stereocenters. The third-order valence-electron chi connectivity index (χ3n) is 6.81. The lowest BCUT2D eigenvalue weighted by Gasteiger charge is -2.36. The van der Waals surface area contributed by atoms with Crippen molar-refractivity contribution in [3.63, 3.8) is 0 Å². The third-order valence-corrected chi connectivity index (χ3v) is 7.67. The Morgan fingerprint density at radius 3 is 2.57 bits per heavy atom. The quantitative estimate of drug-likeness (QED) is 0.342. The molecule has 0 spiro atoms. The van der Waals surface area contributed by atoms with Crippen LogP contribution in [-0.2, 0) is 14.3 Å². The molecule has 2 aromatic rings. The monoisotopic (exact) mass is 525 g/mol. The molecule has 1 aliphatic heterocycles. The van der Waals surface area contributed by atoms with Crippen molar-refractivity contribution in [3.8, 4) is 11.5 Å². The van der Waals surface area contributed by atoms with E-state index in [0.29, 0.717) is 46.2 Å². The fourth-order valence-electron chi connectivity index (χ4n) is 5.09. The summed E-state index contributed by atoms with van der Waals surface area (Å²) in [6, 6.07) is 12.0. The fraction of sp³-hybridized carbons (Fsp3) is 0.379. The van der Waals surface area contributed by atoms with Gasteiger partial charge < -0.3 is 19.5 Å². The number of ether oxygens (including phenoxy) is 3. The molecule has 2 aromatic carbocycles. The molecule has 0 radical (unpaired) electrons. The maximum absolute atomic E-state index is 15.1. The highest BCUT2D eigenvalue weighted by Crippen LogP contribution is 2.47. The summed E-state index contributed by atoms with van der Waals surface area (Å²) in [4.78, 5) is 27.0. The first-order valence-corrected chi connectivity index (χ1v) is 13.5. The zero-order chi connectivity index (χ0) is 26.5. The van der Waals surface area contributed by atoms with Crippen LogP contribution in [-0.4, -0.2) is 44.1 Å². The normalized spacial score (nSPS) is 19.3. The second-order valence-electron chi connectivity index (χ2n) is 8.99. The van der Waals surface area contributed by atoms with Gasteiger partial charge in [-0.1, -0.05) is 31.2 Å². The lowest BCUT2D eigenvalue weighted by Crippen LogP contribution is -2.36. The van der Waals surface area contributed by atoms with Crippen molar-refractivity contribution in [1.29, 1.82) is 0 Å². The molecular weight excluding hydrogens is 493 g/mol. The smallest absolute Gasteiger partial charge is 0.336 e. The highest BCUT2D eigenvalue weighted by atomic mass is 32.2. The summed E-state index contributed by atoms with van der Waals surface area (Å²) < 4.78 is 31.5. The molecule has 2 atom stereocenters. The number of halogens is 1. The molecular formula is C29H32FNO5S. The number of rotatable bonds is 9. The fourth-order valence-corrected chi connectivity index (χ4v) is 5.58. The van der Waals surface area contributed by atoms with Gasteiger partial charge in [-0.05, 0) is 48.8 Å². The molecule has 1 aliphatic carbocycles. The summed E-state index contributed by atoms with van der Waals surface area (Å²) in [7, 11) is 3.15. The van der Waals surface area contributed by atoms with Crippen molar-refractivity contribution in [2.75, 3.05) is 32.3 Å². The number of ketones is 1. The molecule has 0 saturated carbocycles. The first-order valence-electron chi connectivity index (χ1n) is 12.3. The van der Waals surface area contributed by atoms with E-state index in [0.717, 1.165) is 11.3 Å². The largest absolute Gasteiger partial charge is 0.493 e. The number of allylic oxidation sites excluding steroid dienone is 3.